The fraction of sp³-hybridized carbons (Fsp3) is 0. The van der Waals surface area contributed by atoms with E-state index in [0.717, 1.165) is 22.3 Å². The van der Waals surface area contributed by atoms with E-state index in [1.165, 1.54) is 20.2 Å². The Kier molecular flexibility index (Phi) is 2.66. The summed E-state index contributed by atoms with van der Waals surface area (Å²) in [5.41, 5.74) is 3.74. The summed E-state index contributed by atoms with van der Waals surface area (Å²) >= 11 is 1.78. The first-order chi connectivity index (χ1) is 11.4. The molecular weight excluding hydrogens is 302 g/mol. The molecule has 4 heteroatoms. The lowest BCUT2D eigenvalue weighted by molar-refractivity contribution is 1.31. The topological polar surface area (TPSA) is 38.7 Å². The number of benzene rings is 1. The molecule has 0 radical (unpaired) electrons. The number of fused-ring (bicyclic) bond motifs is 4. The zero-order chi connectivity index (χ0) is 15.2. The van der Waals surface area contributed by atoms with Gasteiger partial charge in [-0.15, -0.1) is 11.3 Å². The fourth-order valence-corrected chi connectivity index (χ4v) is 4.02. The minimum atomic E-state index is 0.890. The average molecular weight is 313 g/mol. The normalized spacial score (nSPS) is 11.5. The van der Waals surface area contributed by atoms with E-state index in [4.69, 9.17) is 0 Å². The molecule has 0 bridgehead atoms. The Labute approximate surface area is 136 Å². The second kappa shape index (κ2) is 4.83. The van der Waals surface area contributed by atoms with Crippen molar-refractivity contribution in [3.63, 3.8) is 0 Å². The van der Waals surface area contributed by atoms with Crippen LogP contribution in [0.5, 0.6) is 0 Å². The van der Waals surface area contributed by atoms with Crippen LogP contribution in [0.1, 0.15) is 0 Å². The van der Waals surface area contributed by atoms with Gasteiger partial charge in [0.15, 0.2) is 0 Å². The zero-order valence-electron chi connectivity index (χ0n) is 12.1. The highest BCUT2D eigenvalue weighted by molar-refractivity contribution is 7.25. The molecule has 23 heavy (non-hydrogen) atoms. The maximum atomic E-state index is 4.67. The number of aromatic nitrogens is 3. The molecule has 4 aromatic heterocycles. The van der Waals surface area contributed by atoms with Gasteiger partial charge in [-0.2, -0.15) is 0 Å². The number of thiophene rings is 1. The lowest BCUT2D eigenvalue weighted by Crippen LogP contribution is -1.89. The molecule has 108 valence electrons. The first kappa shape index (κ1) is 12.7. The minimum Gasteiger partial charge on any atom is -0.255 e. The highest BCUT2D eigenvalue weighted by Crippen LogP contribution is 2.35. The summed E-state index contributed by atoms with van der Waals surface area (Å²) in [5, 5.41) is 2.53. The van der Waals surface area contributed by atoms with E-state index in [1.54, 1.807) is 17.5 Å². The van der Waals surface area contributed by atoms with Crippen molar-refractivity contribution >= 4 is 42.5 Å². The molecule has 0 saturated heterocycles. The summed E-state index contributed by atoms with van der Waals surface area (Å²) in [6.45, 7) is 0. The largest absolute Gasteiger partial charge is 0.255 e. The number of pyridine rings is 3. The van der Waals surface area contributed by atoms with Crippen molar-refractivity contribution in [3.8, 4) is 11.3 Å². The Morgan fingerprint density at radius 2 is 1.70 bits per heavy atom. The maximum Gasteiger partial charge on any atom is 0.0980 e. The van der Waals surface area contributed by atoms with Crippen molar-refractivity contribution in [1.29, 1.82) is 0 Å². The third-order valence-corrected chi connectivity index (χ3v) is 5.16. The molecule has 0 amide bonds. The van der Waals surface area contributed by atoms with Gasteiger partial charge in [-0.25, -0.2) is 0 Å². The van der Waals surface area contributed by atoms with Gasteiger partial charge in [0.2, 0.25) is 0 Å². The molecular formula is C19H11N3S. The Balaban J connectivity index is 1.84. The number of hydrogen-bond donors (Lipinski definition) is 0. The highest BCUT2D eigenvalue weighted by Gasteiger charge is 2.10. The van der Waals surface area contributed by atoms with Crippen molar-refractivity contribution in [2.45, 2.75) is 0 Å². The van der Waals surface area contributed by atoms with Crippen LogP contribution in [0.25, 0.3) is 42.5 Å². The highest BCUT2D eigenvalue weighted by atomic mass is 32.1. The number of rotatable bonds is 1. The molecule has 0 aliphatic heterocycles. The third kappa shape index (κ3) is 1.92. The Morgan fingerprint density at radius 1 is 0.739 bits per heavy atom. The van der Waals surface area contributed by atoms with E-state index in [0.29, 0.717) is 0 Å². The van der Waals surface area contributed by atoms with Crippen LogP contribution in [0.2, 0.25) is 0 Å². The summed E-state index contributed by atoms with van der Waals surface area (Å²) in [6.07, 6.45) is 5.58. The second-order valence-electron chi connectivity index (χ2n) is 5.39. The molecule has 0 aliphatic carbocycles. The van der Waals surface area contributed by atoms with Gasteiger partial charge in [0.1, 0.15) is 0 Å². The maximum absolute atomic E-state index is 4.67. The van der Waals surface area contributed by atoms with E-state index in [-0.39, 0.29) is 0 Å². The number of nitrogens with zero attached hydrogens (tertiary/aromatic N) is 3. The van der Waals surface area contributed by atoms with Crippen LogP contribution in [0.3, 0.4) is 0 Å². The molecule has 0 N–H and O–H groups in total. The predicted molar refractivity (Wildman–Crippen MR) is 95.7 cm³/mol. The predicted octanol–water partition coefficient (Wildman–Crippen LogP) is 5.06. The fourth-order valence-electron chi connectivity index (χ4n) is 2.96. The number of hydrogen-bond acceptors (Lipinski definition) is 4. The smallest absolute Gasteiger partial charge is 0.0980 e. The van der Waals surface area contributed by atoms with Gasteiger partial charge >= 0.3 is 0 Å². The van der Waals surface area contributed by atoms with Crippen LogP contribution in [0.15, 0.2) is 67.1 Å². The van der Waals surface area contributed by atoms with Crippen molar-refractivity contribution in [2.24, 2.45) is 0 Å². The summed E-state index contributed by atoms with van der Waals surface area (Å²) in [4.78, 5) is 13.5. The van der Waals surface area contributed by atoms with Gasteiger partial charge in [-0.1, -0.05) is 18.2 Å². The quantitative estimate of drug-likeness (QED) is 0.434. The molecule has 0 fully saturated rings. The van der Waals surface area contributed by atoms with E-state index in [2.05, 4.69) is 45.3 Å². The van der Waals surface area contributed by atoms with E-state index >= 15 is 0 Å². The molecule has 0 saturated carbocycles. The van der Waals surface area contributed by atoms with Crippen LogP contribution >= 0.6 is 11.3 Å². The van der Waals surface area contributed by atoms with Crippen LogP contribution in [-0.2, 0) is 0 Å². The van der Waals surface area contributed by atoms with Crippen LogP contribution in [0.4, 0.5) is 0 Å². The molecule has 0 atom stereocenters. The minimum absolute atomic E-state index is 0.890. The summed E-state index contributed by atoms with van der Waals surface area (Å²) in [5.74, 6) is 0. The van der Waals surface area contributed by atoms with Gasteiger partial charge in [-0.3, -0.25) is 15.0 Å². The van der Waals surface area contributed by atoms with Gasteiger partial charge in [0.25, 0.3) is 0 Å². The summed E-state index contributed by atoms with van der Waals surface area (Å²) in [7, 11) is 0. The lowest BCUT2D eigenvalue weighted by atomic mass is 10.1. The van der Waals surface area contributed by atoms with Crippen LogP contribution in [0, 0.1) is 0 Å². The van der Waals surface area contributed by atoms with Crippen molar-refractivity contribution in [3.05, 3.63) is 67.1 Å². The molecule has 5 rings (SSSR count). The van der Waals surface area contributed by atoms with Crippen molar-refractivity contribution in [1.82, 2.24) is 15.0 Å². The third-order valence-electron chi connectivity index (χ3n) is 4.04. The monoisotopic (exact) mass is 313 g/mol. The van der Waals surface area contributed by atoms with Gasteiger partial charge < -0.3 is 0 Å². The van der Waals surface area contributed by atoms with Crippen LogP contribution < -0.4 is 0 Å². The van der Waals surface area contributed by atoms with E-state index < -0.39 is 0 Å². The average Bonchev–Trinajstić information content (AvgIpc) is 2.99. The first-order valence-electron chi connectivity index (χ1n) is 7.37. The SMILES string of the molecule is c1cnc2c(-c3cc4c(cn3)sc3ccccc34)ccnc2c1. The van der Waals surface area contributed by atoms with Gasteiger partial charge in [-0.05, 0) is 30.3 Å². The Bertz CT molecular complexity index is 1170. The van der Waals surface area contributed by atoms with Crippen molar-refractivity contribution < 1.29 is 0 Å². The lowest BCUT2D eigenvalue weighted by Gasteiger charge is -2.04. The molecule has 0 aliphatic rings. The Morgan fingerprint density at radius 3 is 2.70 bits per heavy atom. The molecule has 1 aromatic carbocycles. The Hall–Kier alpha value is -2.85. The molecule has 0 spiro atoms. The van der Waals surface area contributed by atoms with E-state index in [9.17, 15) is 0 Å². The first-order valence-corrected chi connectivity index (χ1v) is 8.19. The molecule has 4 heterocycles. The van der Waals surface area contributed by atoms with E-state index in [1.807, 2.05) is 30.6 Å². The molecule has 3 nitrogen and oxygen atoms in total. The standard InChI is InChI=1S/C19H11N3S/c1-2-6-17-12(4-1)14-10-16(22-11-18(14)23-17)13-7-9-20-15-5-3-8-21-19(13)15/h1-11H. The zero-order valence-corrected chi connectivity index (χ0v) is 12.9. The second-order valence-corrected chi connectivity index (χ2v) is 6.48. The molecule has 5 aromatic rings. The summed E-state index contributed by atoms with van der Waals surface area (Å²) < 4.78 is 2.50. The van der Waals surface area contributed by atoms with Gasteiger partial charge in [0.05, 0.1) is 21.4 Å². The van der Waals surface area contributed by atoms with Gasteiger partial charge in [0, 0.05) is 39.6 Å². The van der Waals surface area contributed by atoms with Crippen molar-refractivity contribution in [2.75, 3.05) is 0 Å². The molecule has 0 unspecified atom stereocenters. The summed E-state index contributed by atoms with van der Waals surface area (Å²) in [6, 6.07) is 16.5. The van der Waals surface area contributed by atoms with Crippen LogP contribution in [-0.4, -0.2) is 15.0 Å².